The summed E-state index contributed by atoms with van der Waals surface area (Å²) in [4.78, 5) is 12.0. The molecule has 0 atom stereocenters. The predicted octanol–water partition coefficient (Wildman–Crippen LogP) is 4.68. The fourth-order valence-corrected chi connectivity index (χ4v) is 3.27. The van der Waals surface area contributed by atoms with Crippen LogP contribution >= 0.6 is 11.6 Å². The van der Waals surface area contributed by atoms with E-state index in [1.165, 1.54) is 0 Å². The summed E-state index contributed by atoms with van der Waals surface area (Å²) in [6.07, 6.45) is 1.63. The van der Waals surface area contributed by atoms with Gasteiger partial charge in [-0.1, -0.05) is 17.7 Å². The van der Waals surface area contributed by atoms with E-state index < -0.39 is 0 Å². The van der Waals surface area contributed by atoms with Gasteiger partial charge in [-0.3, -0.25) is 4.79 Å². The van der Waals surface area contributed by atoms with Crippen LogP contribution in [0.5, 0.6) is 11.5 Å². The van der Waals surface area contributed by atoms with Crippen LogP contribution < -0.4 is 14.9 Å². The van der Waals surface area contributed by atoms with Crippen molar-refractivity contribution in [1.29, 1.82) is 0 Å². The first-order valence-electron chi connectivity index (χ1n) is 9.60. The number of hydrazone groups is 1. The molecule has 1 heterocycles. The SMILES string of the molecule is CCOc1ccc(-n2c(C)cc(/C=N/NC(=O)COc3cccc(Cl)c3)c2C)cc1. The van der Waals surface area contributed by atoms with Crippen molar-refractivity contribution in [3.8, 4) is 17.2 Å². The number of aryl methyl sites for hydroxylation is 1. The summed E-state index contributed by atoms with van der Waals surface area (Å²) in [7, 11) is 0. The quantitative estimate of drug-likeness (QED) is 0.421. The molecule has 1 amide bonds. The summed E-state index contributed by atoms with van der Waals surface area (Å²) in [5.41, 5.74) is 6.51. The minimum atomic E-state index is -0.355. The molecule has 0 spiro atoms. The van der Waals surface area contributed by atoms with E-state index in [-0.39, 0.29) is 12.5 Å². The van der Waals surface area contributed by atoms with Gasteiger partial charge in [0.2, 0.25) is 0 Å². The summed E-state index contributed by atoms with van der Waals surface area (Å²) in [6.45, 7) is 6.48. The van der Waals surface area contributed by atoms with Crippen LogP contribution in [0.4, 0.5) is 0 Å². The third-order valence-electron chi connectivity index (χ3n) is 4.44. The van der Waals surface area contributed by atoms with E-state index in [4.69, 9.17) is 21.1 Å². The lowest BCUT2D eigenvalue weighted by Gasteiger charge is -2.11. The monoisotopic (exact) mass is 425 g/mol. The number of hydrogen-bond donors (Lipinski definition) is 1. The summed E-state index contributed by atoms with van der Waals surface area (Å²) in [5, 5.41) is 4.60. The molecule has 0 fully saturated rings. The van der Waals surface area contributed by atoms with Gasteiger partial charge in [0.05, 0.1) is 12.8 Å². The Hall–Kier alpha value is -3.25. The largest absolute Gasteiger partial charge is 0.494 e. The van der Waals surface area contributed by atoms with Crippen molar-refractivity contribution in [2.24, 2.45) is 5.10 Å². The third-order valence-corrected chi connectivity index (χ3v) is 4.67. The lowest BCUT2D eigenvalue weighted by molar-refractivity contribution is -0.123. The number of nitrogens with one attached hydrogen (secondary N) is 1. The van der Waals surface area contributed by atoms with Crippen molar-refractivity contribution in [3.63, 3.8) is 0 Å². The Balaban J connectivity index is 1.62. The molecule has 0 saturated heterocycles. The highest BCUT2D eigenvalue weighted by Crippen LogP contribution is 2.22. The van der Waals surface area contributed by atoms with E-state index in [2.05, 4.69) is 15.1 Å². The summed E-state index contributed by atoms with van der Waals surface area (Å²) in [5.74, 6) is 1.01. The minimum absolute atomic E-state index is 0.150. The highest BCUT2D eigenvalue weighted by atomic mass is 35.5. The van der Waals surface area contributed by atoms with Gasteiger partial charge in [-0.15, -0.1) is 0 Å². The molecular weight excluding hydrogens is 402 g/mol. The number of nitrogens with zero attached hydrogens (tertiary/aromatic N) is 2. The molecule has 6 nitrogen and oxygen atoms in total. The number of rotatable bonds is 8. The molecule has 1 aromatic heterocycles. The van der Waals surface area contributed by atoms with Gasteiger partial charge in [0.1, 0.15) is 11.5 Å². The lowest BCUT2D eigenvalue weighted by atomic mass is 10.2. The molecule has 3 aromatic rings. The van der Waals surface area contributed by atoms with Gasteiger partial charge in [-0.05, 0) is 69.3 Å². The van der Waals surface area contributed by atoms with Gasteiger partial charge in [-0.25, -0.2) is 5.43 Å². The van der Waals surface area contributed by atoms with Crippen molar-refractivity contribution in [3.05, 3.63) is 76.6 Å². The van der Waals surface area contributed by atoms with Crippen LogP contribution in [0, 0.1) is 13.8 Å². The average Bonchev–Trinajstić information content (AvgIpc) is 3.01. The fraction of sp³-hybridized carbons (Fsp3) is 0.217. The normalized spacial score (nSPS) is 10.9. The molecule has 0 aliphatic heterocycles. The van der Waals surface area contributed by atoms with Gasteiger partial charge in [0, 0.05) is 27.7 Å². The lowest BCUT2D eigenvalue weighted by Crippen LogP contribution is -2.24. The van der Waals surface area contributed by atoms with E-state index in [1.807, 2.05) is 51.1 Å². The van der Waals surface area contributed by atoms with E-state index in [0.717, 1.165) is 28.4 Å². The van der Waals surface area contributed by atoms with Crippen LogP contribution in [0.2, 0.25) is 5.02 Å². The van der Waals surface area contributed by atoms with Crippen LogP contribution in [0.3, 0.4) is 0 Å². The van der Waals surface area contributed by atoms with Gasteiger partial charge in [0.25, 0.3) is 5.91 Å². The Labute approximate surface area is 181 Å². The third kappa shape index (κ3) is 5.42. The van der Waals surface area contributed by atoms with Crippen LogP contribution in [-0.4, -0.2) is 29.9 Å². The van der Waals surface area contributed by atoms with Crippen molar-refractivity contribution >= 4 is 23.7 Å². The van der Waals surface area contributed by atoms with Gasteiger partial charge >= 0.3 is 0 Å². The molecule has 0 unspecified atom stereocenters. The molecule has 0 radical (unpaired) electrons. The summed E-state index contributed by atoms with van der Waals surface area (Å²) in [6, 6.07) is 16.8. The van der Waals surface area contributed by atoms with Crippen LogP contribution in [0.15, 0.2) is 59.7 Å². The molecule has 156 valence electrons. The van der Waals surface area contributed by atoms with Crippen LogP contribution in [-0.2, 0) is 4.79 Å². The standard InChI is InChI=1S/C23H24ClN3O3/c1-4-29-21-10-8-20(9-11-21)27-16(2)12-18(17(27)3)14-25-26-23(28)15-30-22-7-5-6-19(24)13-22/h5-14H,4,15H2,1-3H3,(H,26,28)/b25-14+. The first-order valence-corrected chi connectivity index (χ1v) is 9.98. The maximum Gasteiger partial charge on any atom is 0.277 e. The van der Waals surface area contributed by atoms with Gasteiger partial charge in [-0.2, -0.15) is 5.10 Å². The second kappa shape index (κ2) is 9.98. The van der Waals surface area contributed by atoms with E-state index in [9.17, 15) is 4.79 Å². The molecule has 0 saturated carbocycles. The van der Waals surface area contributed by atoms with Crippen molar-refractivity contribution in [2.45, 2.75) is 20.8 Å². The number of aromatic nitrogens is 1. The summed E-state index contributed by atoms with van der Waals surface area (Å²) >= 11 is 5.89. The molecule has 2 aromatic carbocycles. The molecule has 30 heavy (non-hydrogen) atoms. The van der Waals surface area contributed by atoms with Gasteiger partial charge < -0.3 is 14.0 Å². The number of hydrogen-bond acceptors (Lipinski definition) is 4. The number of carbonyl (C=O) groups excluding carboxylic acids is 1. The first kappa shape index (κ1) is 21.5. The molecule has 0 aliphatic rings. The number of amides is 1. The van der Waals surface area contributed by atoms with Gasteiger partial charge in [0.15, 0.2) is 6.61 Å². The Bertz CT molecular complexity index is 1040. The molecule has 1 N–H and O–H groups in total. The summed E-state index contributed by atoms with van der Waals surface area (Å²) < 4.78 is 13.0. The van der Waals surface area contributed by atoms with E-state index in [1.54, 1.807) is 30.5 Å². The van der Waals surface area contributed by atoms with Crippen molar-refractivity contribution in [1.82, 2.24) is 9.99 Å². The predicted molar refractivity (Wildman–Crippen MR) is 119 cm³/mol. The van der Waals surface area contributed by atoms with Crippen LogP contribution in [0.25, 0.3) is 5.69 Å². The fourth-order valence-electron chi connectivity index (χ4n) is 3.09. The molecule has 3 rings (SSSR count). The maximum atomic E-state index is 12.0. The number of ether oxygens (including phenoxy) is 2. The highest BCUT2D eigenvalue weighted by Gasteiger charge is 2.10. The van der Waals surface area contributed by atoms with Crippen molar-refractivity contribution in [2.75, 3.05) is 13.2 Å². The zero-order chi connectivity index (χ0) is 21.5. The number of halogens is 1. The number of carbonyl (C=O) groups is 1. The minimum Gasteiger partial charge on any atom is -0.494 e. The average molecular weight is 426 g/mol. The highest BCUT2D eigenvalue weighted by molar-refractivity contribution is 6.30. The zero-order valence-electron chi connectivity index (χ0n) is 17.2. The number of benzene rings is 2. The van der Waals surface area contributed by atoms with E-state index in [0.29, 0.717) is 17.4 Å². The molecule has 7 heteroatoms. The van der Waals surface area contributed by atoms with E-state index >= 15 is 0 Å². The second-order valence-electron chi connectivity index (χ2n) is 6.63. The molecule has 0 bridgehead atoms. The second-order valence-corrected chi connectivity index (χ2v) is 7.06. The van der Waals surface area contributed by atoms with Crippen molar-refractivity contribution < 1.29 is 14.3 Å². The Kier molecular flexibility index (Phi) is 7.14. The Morgan fingerprint density at radius 1 is 1.10 bits per heavy atom. The first-order chi connectivity index (χ1) is 14.5. The smallest absolute Gasteiger partial charge is 0.277 e. The maximum absolute atomic E-state index is 12.0. The molecular formula is C23H24ClN3O3. The Morgan fingerprint density at radius 2 is 1.87 bits per heavy atom. The van der Waals surface area contributed by atoms with Crippen LogP contribution in [0.1, 0.15) is 23.9 Å². The zero-order valence-corrected chi connectivity index (χ0v) is 17.9. The Morgan fingerprint density at radius 3 is 2.57 bits per heavy atom. The topological polar surface area (TPSA) is 64.8 Å². The molecule has 0 aliphatic carbocycles.